The highest BCUT2D eigenvalue weighted by molar-refractivity contribution is 9.09. The zero-order valence-electron chi connectivity index (χ0n) is 10.8. The first-order valence-corrected chi connectivity index (χ1v) is 9.05. The van der Waals surface area contributed by atoms with Crippen LogP contribution < -0.4 is 4.72 Å². The molecule has 0 aromatic heterocycles. The van der Waals surface area contributed by atoms with E-state index >= 15 is 0 Å². The largest absolute Gasteiger partial charge is 0.279 e. The summed E-state index contributed by atoms with van der Waals surface area (Å²) < 4.78 is 28.7. The lowest BCUT2D eigenvalue weighted by Gasteiger charge is -2.21. The smallest absolute Gasteiger partial charge is 0.198 e. The molecule has 2 rings (SSSR count). The highest BCUT2D eigenvalue weighted by Gasteiger charge is 2.27. The van der Waals surface area contributed by atoms with Crippen LogP contribution in [-0.4, -0.2) is 37.2 Å². The van der Waals surface area contributed by atoms with Crippen LogP contribution in [0, 0.1) is 0 Å². The number of halogens is 1. The van der Waals surface area contributed by atoms with Gasteiger partial charge in [-0.25, -0.2) is 0 Å². The van der Waals surface area contributed by atoms with E-state index in [1.54, 1.807) is 0 Å². The Morgan fingerprint density at radius 1 is 1.21 bits per heavy atom. The van der Waals surface area contributed by atoms with Crippen molar-refractivity contribution in [3.05, 3.63) is 35.9 Å². The number of benzene rings is 1. The number of rotatable bonds is 6. The van der Waals surface area contributed by atoms with Gasteiger partial charge in [0, 0.05) is 24.5 Å². The minimum absolute atomic E-state index is 0.118. The van der Waals surface area contributed by atoms with Crippen LogP contribution in [-0.2, 0) is 16.6 Å². The number of nitrogens with zero attached hydrogens (tertiary/aromatic N) is 1. The van der Waals surface area contributed by atoms with Gasteiger partial charge >= 0.3 is 0 Å². The Balaban J connectivity index is 1.98. The molecule has 106 valence electrons. The number of alkyl halides is 1. The third-order valence-corrected chi connectivity index (χ3v) is 5.69. The molecule has 1 saturated heterocycles. The molecule has 1 N–H and O–H groups in total. The molecule has 1 aliphatic heterocycles. The third kappa shape index (κ3) is 4.27. The molecule has 1 unspecified atom stereocenters. The van der Waals surface area contributed by atoms with E-state index in [-0.39, 0.29) is 6.04 Å². The van der Waals surface area contributed by atoms with Gasteiger partial charge in [0.15, 0.2) is 0 Å². The first-order chi connectivity index (χ1) is 9.12. The molecule has 1 heterocycles. The lowest BCUT2D eigenvalue weighted by atomic mass is 10.1. The van der Waals surface area contributed by atoms with E-state index in [4.69, 9.17) is 0 Å². The summed E-state index contributed by atoms with van der Waals surface area (Å²) in [6.45, 7) is 1.27. The monoisotopic (exact) mass is 346 g/mol. The molecule has 6 heteroatoms. The summed E-state index contributed by atoms with van der Waals surface area (Å²) in [6, 6.07) is 9.80. The predicted octanol–water partition coefficient (Wildman–Crippen LogP) is 1.92. The molecule has 1 atom stereocenters. The molecule has 0 amide bonds. The van der Waals surface area contributed by atoms with Gasteiger partial charge in [-0.05, 0) is 24.8 Å². The van der Waals surface area contributed by atoms with Crippen molar-refractivity contribution < 1.29 is 8.42 Å². The average Bonchev–Trinajstić information content (AvgIpc) is 2.93. The van der Waals surface area contributed by atoms with Gasteiger partial charge in [0.05, 0.1) is 0 Å². The van der Waals surface area contributed by atoms with E-state index in [1.807, 2.05) is 30.3 Å². The van der Waals surface area contributed by atoms with E-state index < -0.39 is 10.2 Å². The van der Waals surface area contributed by atoms with Crippen LogP contribution in [0.25, 0.3) is 0 Å². The fourth-order valence-electron chi connectivity index (χ4n) is 2.24. The summed E-state index contributed by atoms with van der Waals surface area (Å²) in [4.78, 5) is 0. The van der Waals surface area contributed by atoms with Crippen molar-refractivity contribution in [1.29, 1.82) is 0 Å². The molecule has 19 heavy (non-hydrogen) atoms. The second-order valence-electron chi connectivity index (χ2n) is 4.77. The topological polar surface area (TPSA) is 49.4 Å². The molecular weight excluding hydrogens is 328 g/mol. The maximum atomic E-state index is 12.2. The van der Waals surface area contributed by atoms with Crippen LogP contribution in [0.2, 0.25) is 0 Å². The van der Waals surface area contributed by atoms with Gasteiger partial charge in [0.2, 0.25) is 0 Å². The maximum absolute atomic E-state index is 12.2. The minimum atomic E-state index is -3.34. The van der Waals surface area contributed by atoms with Crippen molar-refractivity contribution in [3.63, 3.8) is 0 Å². The predicted molar refractivity (Wildman–Crippen MR) is 80.6 cm³/mol. The molecule has 0 spiro atoms. The van der Waals surface area contributed by atoms with Gasteiger partial charge in [-0.3, -0.25) is 0 Å². The maximum Gasteiger partial charge on any atom is 0.279 e. The SMILES string of the molecule is O=S(=O)(NC(CBr)Cc1ccccc1)N1CCCC1. The zero-order chi connectivity index (χ0) is 13.7. The number of nitrogens with one attached hydrogen (secondary N) is 1. The van der Waals surface area contributed by atoms with E-state index in [0.717, 1.165) is 18.4 Å². The second kappa shape index (κ2) is 6.83. The Morgan fingerprint density at radius 3 is 2.42 bits per heavy atom. The van der Waals surface area contributed by atoms with Crippen molar-refractivity contribution in [2.45, 2.75) is 25.3 Å². The Labute approximate surface area is 123 Å². The Hall–Kier alpha value is -0.430. The molecule has 0 saturated carbocycles. The third-order valence-electron chi connectivity index (χ3n) is 3.23. The van der Waals surface area contributed by atoms with Crippen LogP contribution in [0.3, 0.4) is 0 Å². The van der Waals surface area contributed by atoms with E-state index in [2.05, 4.69) is 20.7 Å². The summed E-state index contributed by atoms with van der Waals surface area (Å²) in [5, 5.41) is 0.606. The highest BCUT2D eigenvalue weighted by Crippen LogP contribution is 2.13. The van der Waals surface area contributed by atoms with Crippen LogP contribution in [0.5, 0.6) is 0 Å². The van der Waals surface area contributed by atoms with Gasteiger partial charge in [-0.15, -0.1) is 0 Å². The second-order valence-corrected chi connectivity index (χ2v) is 7.12. The molecule has 0 bridgehead atoms. The molecule has 1 aliphatic rings. The van der Waals surface area contributed by atoms with E-state index in [9.17, 15) is 8.42 Å². The summed E-state index contributed by atoms with van der Waals surface area (Å²) in [5.41, 5.74) is 1.14. The summed E-state index contributed by atoms with van der Waals surface area (Å²) >= 11 is 3.39. The highest BCUT2D eigenvalue weighted by atomic mass is 79.9. The van der Waals surface area contributed by atoms with Crippen molar-refractivity contribution in [1.82, 2.24) is 9.03 Å². The normalized spacial score (nSPS) is 18.6. The molecule has 0 aliphatic carbocycles. The van der Waals surface area contributed by atoms with Crippen molar-refractivity contribution in [3.8, 4) is 0 Å². The Bertz CT molecular complexity index is 487. The zero-order valence-corrected chi connectivity index (χ0v) is 13.2. The van der Waals surface area contributed by atoms with Gasteiger partial charge in [-0.2, -0.15) is 17.4 Å². The average molecular weight is 347 g/mol. The van der Waals surface area contributed by atoms with E-state index in [0.29, 0.717) is 24.8 Å². The lowest BCUT2D eigenvalue weighted by Crippen LogP contribution is -2.45. The lowest BCUT2D eigenvalue weighted by molar-refractivity contribution is 0.456. The molecule has 4 nitrogen and oxygen atoms in total. The molecule has 1 aromatic carbocycles. The van der Waals surface area contributed by atoms with Gasteiger partial charge in [-0.1, -0.05) is 46.3 Å². The molecule has 1 fully saturated rings. The first kappa shape index (κ1) is 15.0. The minimum Gasteiger partial charge on any atom is -0.198 e. The molecular formula is C13H19BrN2O2S. The number of hydrogen-bond acceptors (Lipinski definition) is 2. The summed E-state index contributed by atoms with van der Waals surface area (Å²) in [5.74, 6) is 0. The number of hydrogen-bond donors (Lipinski definition) is 1. The fourth-order valence-corrected chi connectivity index (χ4v) is 4.32. The van der Waals surface area contributed by atoms with Crippen molar-refractivity contribution >= 4 is 26.1 Å². The van der Waals surface area contributed by atoms with Crippen LogP contribution >= 0.6 is 15.9 Å². The van der Waals surface area contributed by atoms with Crippen LogP contribution in [0.15, 0.2) is 30.3 Å². The van der Waals surface area contributed by atoms with Crippen LogP contribution in [0.4, 0.5) is 0 Å². The quantitative estimate of drug-likeness (QED) is 0.800. The van der Waals surface area contributed by atoms with Crippen molar-refractivity contribution in [2.24, 2.45) is 0 Å². The van der Waals surface area contributed by atoms with Gasteiger partial charge < -0.3 is 0 Å². The standard InChI is InChI=1S/C13H19BrN2O2S/c14-11-13(10-12-6-2-1-3-7-12)15-19(17,18)16-8-4-5-9-16/h1-3,6-7,13,15H,4-5,8-11H2. The van der Waals surface area contributed by atoms with E-state index in [1.165, 1.54) is 4.31 Å². The fraction of sp³-hybridized carbons (Fsp3) is 0.538. The molecule has 1 aromatic rings. The summed E-state index contributed by atoms with van der Waals surface area (Å²) in [6.07, 6.45) is 2.61. The van der Waals surface area contributed by atoms with Gasteiger partial charge in [0.1, 0.15) is 0 Å². The first-order valence-electron chi connectivity index (χ1n) is 6.49. The van der Waals surface area contributed by atoms with Gasteiger partial charge in [0.25, 0.3) is 10.2 Å². The Kier molecular flexibility index (Phi) is 5.38. The molecule has 0 radical (unpaired) electrons. The summed E-state index contributed by atoms with van der Waals surface area (Å²) in [7, 11) is -3.34. The van der Waals surface area contributed by atoms with Crippen molar-refractivity contribution in [2.75, 3.05) is 18.4 Å². The van der Waals surface area contributed by atoms with Crippen LogP contribution in [0.1, 0.15) is 18.4 Å². The Morgan fingerprint density at radius 2 is 1.84 bits per heavy atom.